The second kappa shape index (κ2) is 7.33. The predicted molar refractivity (Wildman–Crippen MR) is 82.8 cm³/mol. The molecule has 1 saturated carbocycles. The molecule has 2 rings (SSSR count). The van der Waals surface area contributed by atoms with Gasteiger partial charge in [0.15, 0.2) is 9.84 Å². The second-order valence-electron chi connectivity index (χ2n) is 5.89. The summed E-state index contributed by atoms with van der Waals surface area (Å²) in [4.78, 5) is 4.27. The first-order chi connectivity index (χ1) is 10.0. The van der Waals surface area contributed by atoms with Crippen molar-refractivity contribution in [1.29, 1.82) is 0 Å². The Balaban J connectivity index is 1.88. The monoisotopic (exact) mass is 312 g/mol. The molecule has 0 aromatic carbocycles. The zero-order valence-corrected chi connectivity index (χ0v) is 13.2. The maximum atomic E-state index is 11.7. The topological polar surface area (TPSA) is 79.3 Å². The number of aromatic nitrogens is 1. The number of hydrogen-bond acceptors (Lipinski definition) is 5. The largest absolute Gasteiger partial charge is 0.396 e. The van der Waals surface area contributed by atoms with E-state index in [1.165, 1.54) is 6.26 Å². The summed E-state index contributed by atoms with van der Waals surface area (Å²) in [5, 5.41) is 12.6. The third kappa shape index (κ3) is 4.76. The van der Waals surface area contributed by atoms with E-state index in [0.717, 1.165) is 25.0 Å². The maximum Gasteiger partial charge on any atom is 0.151 e. The van der Waals surface area contributed by atoms with Crippen LogP contribution in [0.25, 0.3) is 0 Å². The normalized spacial score (nSPS) is 24.1. The van der Waals surface area contributed by atoms with Crippen LogP contribution in [0.15, 0.2) is 24.4 Å². The lowest BCUT2D eigenvalue weighted by atomic mass is 10.0. The van der Waals surface area contributed by atoms with Gasteiger partial charge in [0.2, 0.25) is 0 Å². The second-order valence-corrected chi connectivity index (χ2v) is 8.15. The van der Waals surface area contributed by atoms with E-state index in [2.05, 4.69) is 10.3 Å². The summed E-state index contributed by atoms with van der Waals surface area (Å²) in [5.41, 5.74) is 0.949. The average Bonchev–Trinajstić information content (AvgIpc) is 2.93. The van der Waals surface area contributed by atoms with Crippen LogP contribution in [0.4, 0.5) is 0 Å². The first kappa shape index (κ1) is 16.4. The summed E-state index contributed by atoms with van der Waals surface area (Å²) < 4.78 is 23.5. The van der Waals surface area contributed by atoms with E-state index < -0.39 is 9.84 Å². The van der Waals surface area contributed by atoms with Crippen LogP contribution < -0.4 is 5.32 Å². The molecule has 3 unspecified atom stereocenters. The van der Waals surface area contributed by atoms with E-state index in [9.17, 15) is 13.5 Å². The molecule has 0 radical (unpaired) electrons. The molecule has 0 saturated heterocycles. The fourth-order valence-electron chi connectivity index (χ4n) is 3.01. The predicted octanol–water partition coefficient (Wildman–Crippen LogP) is 0.788. The lowest BCUT2D eigenvalue weighted by Gasteiger charge is -2.22. The summed E-state index contributed by atoms with van der Waals surface area (Å²) in [5.74, 6) is 0.0562. The van der Waals surface area contributed by atoms with Crippen LogP contribution >= 0.6 is 0 Å². The molecule has 1 fully saturated rings. The Morgan fingerprint density at radius 2 is 2.24 bits per heavy atom. The zero-order chi connectivity index (χ0) is 15.3. The Bertz CT molecular complexity index is 533. The minimum atomic E-state index is -3.00. The summed E-state index contributed by atoms with van der Waals surface area (Å²) in [6, 6.07) is 5.75. The van der Waals surface area contributed by atoms with E-state index in [1.807, 2.05) is 18.2 Å². The van der Waals surface area contributed by atoms with Crippen molar-refractivity contribution in [3.8, 4) is 0 Å². The van der Waals surface area contributed by atoms with E-state index in [1.54, 1.807) is 6.20 Å². The van der Waals surface area contributed by atoms with Crippen molar-refractivity contribution < 1.29 is 13.5 Å². The van der Waals surface area contributed by atoms with Crippen molar-refractivity contribution >= 4 is 9.84 Å². The molecule has 118 valence electrons. The quantitative estimate of drug-likeness (QED) is 0.778. The van der Waals surface area contributed by atoms with E-state index in [-0.39, 0.29) is 23.8 Å². The minimum absolute atomic E-state index is 0.0118. The van der Waals surface area contributed by atoms with E-state index in [0.29, 0.717) is 13.0 Å². The van der Waals surface area contributed by atoms with Crippen molar-refractivity contribution in [2.45, 2.75) is 37.0 Å². The Labute approximate surface area is 126 Å². The highest BCUT2D eigenvalue weighted by atomic mass is 32.2. The van der Waals surface area contributed by atoms with Gasteiger partial charge < -0.3 is 10.4 Å². The number of aliphatic hydroxyl groups is 1. The molecule has 2 N–H and O–H groups in total. The van der Waals surface area contributed by atoms with Crippen LogP contribution in [-0.4, -0.2) is 49.2 Å². The van der Waals surface area contributed by atoms with Gasteiger partial charge >= 0.3 is 0 Å². The molecule has 1 aromatic rings. The number of hydrogen-bond donors (Lipinski definition) is 2. The van der Waals surface area contributed by atoms with Gasteiger partial charge in [-0.1, -0.05) is 12.5 Å². The fourth-order valence-corrected chi connectivity index (χ4v) is 4.43. The fraction of sp³-hybridized carbons (Fsp3) is 0.667. The van der Waals surface area contributed by atoms with Gasteiger partial charge in [0, 0.05) is 37.3 Å². The molecule has 0 spiro atoms. The Kier molecular flexibility index (Phi) is 5.72. The van der Waals surface area contributed by atoms with E-state index >= 15 is 0 Å². The lowest BCUT2D eigenvalue weighted by molar-refractivity contribution is 0.217. The van der Waals surface area contributed by atoms with Gasteiger partial charge in [0.05, 0.1) is 5.25 Å². The standard InChI is InChI=1S/C15H24N2O3S/c1-21(19,20)15-7-4-6-14(15)17-10-12(11-18)9-13-5-2-3-8-16-13/h2-3,5,8,12,14-15,17-18H,4,6-7,9-11H2,1H3. The molecular weight excluding hydrogens is 288 g/mol. The van der Waals surface area contributed by atoms with Crippen LogP contribution in [0.5, 0.6) is 0 Å². The summed E-state index contributed by atoms with van der Waals surface area (Å²) >= 11 is 0. The van der Waals surface area contributed by atoms with Gasteiger partial charge in [-0.2, -0.15) is 0 Å². The van der Waals surface area contributed by atoms with Crippen molar-refractivity contribution in [3.63, 3.8) is 0 Å². The molecule has 1 aliphatic carbocycles. The van der Waals surface area contributed by atoms with Crippen molar-refractivity contribution in [3.05, 3.63) is 30.1 Å². The Morgan fingerprint density at radius 1 is 1.43 bits per heavy atom. The van der Waals surface area contributed by atoms with Gasteiger partial charge in [-0.05, 0) is 37.3 Å². The summed E-state index contributed by atoms with van der Waals surface area (Å²) in [6.45, 7) is 0.684. The highest BCUT2D eigenvalue weighted by molar-refractivity contribution is 7.91. The molecular formula is C15H24N2O3S. The molecule has 21 heavy (non-hydrogen) atoms. The van der Waals surface area contributed by atoms with Crippen LogP contribution in [0.2, 0.25) is 0 Å². The van der Waals surface area contributed by atoms with Crippen molar-refractivity contribution in [1.82, 2.24) is 10.3 Å². The average molecular weight is 312 g/mol. The molecule has 0 aliphatic heterocycles. The third-order valence-electron chi connectivity index (χ3n) is 4.15. The molecule has 1 heterocycles. The third-order valence-corrected chi connectivity index (χ3v) is 5.82. The van der Waals surface area contributed by atoms with Crippen LogP contribution in [0.1, 0.15) is 25.0 Å². The number of nitrogens with one attached hydrogen (secondary N) is 1. The Morgan fingerprint density at radius 3 is 2.86 bits per heavy atom. The van der Waals surface area contributed by atoms with Crippen molar-refractivity contribution in [2.75, 3.05) is 19.4 Å². The maximum absolute atomic E-state index is 11.7. The first-order valence-corrected chi connectivity index (χ1v) is 9.39. The van der Waals surface area contributed by atoms with Gasteiger partial charge in [-0.3, -0.25) is 4.98 Å². The lowest BCUT2D eigenvalue weighted by Crippen LogP contribution is -2.42. The minimum Gasteiger partial charge on any atom is -0.396 e. The number of nitrogens with zero attached hydrogens (tertiary/aromatic N) is 1. The molecule has 1 aromatic heterocycles. The van der Waals surface area contributed by atoms with Gasteiger partial charge in [0.1, 0.15) is 0 Å². The van der Waals surface area contributed by atoms with Crippen LogP contribution in [0, 0.1) is 5.92 Å². The van der Waals surface area contributed by atoms with Crippen LogP contribution in [0.3, 0.4) is 0 Å². The summed E-state index contributed by atoms with van der Waals surface area (Å²) in [6.07, 6.45) is 6.32. The summed E-state index contributed by atoms with van der Waals surface area (Å²) in [7, 11) is -3.00. The number of aliphatic hydroxyl groups excluding tert-OH is 1. The SMILES string of the molecule is CS(=O)(=O)C1CCCC1NCC(CO)Cc1ccccn1. The van der Waals surface area contributed by atoms with Crippen LogP contribution in [-0.2, 0) is 16.3 Å². The van der Waals surface area contributed by atoms with Gasteiger partial charge in [0.25, 0.3) is 0 Å². The van der Waals surface area contributed by atoms with Gasteiger partial charge in [-0.15, -0.1) is 0 Å². The smallest absolute Gasteiger partial charge is 0.151 e. The molecule has 6 heteroatoms. The van der Waals surface area contributed by atoms with Gasteiger partial charge in [-0.25, -0.2) is 8.42 Å². The number of sulfone groups is 1. The first-order valence-electron chi connectivity index (χ1n) is 7.43. The Hall–Kier alpha value is -0.980. The molecule has 3 atom stereocenters. The zero-order valence-electron chi connectivity index (χ0n) is 12.4. The van der Waals surface area contributed by atoms with Crippen molar-refractivity contribution in [2.24, 2.45) is 5.92 Å². The number of pyridine rings is 1. The molecule has 0 bridgehead atoms. The molecule has 1 aliphatic rings. The molecule has 5 nitrogen and oxygen atoms in total. The highest BCUT2D eigenvalue weighted by Gasteiger charge is 2.34. The highest BCUT2D eigenvalue weighted by Crippen LogP contribution is 2.25. The molecule has 0 amide bonds. The van der Waals surface area contributed by atoms with E-state index in [4.69, 9.17) is 0 Å². The number of rotatable bonds is 7.